The Morgan fingerprint density at radius 2 is 1.84 bits per heavy atom. The molecule has 1 heterocycles. The SMILES string of the molecule is CC(C)Oc1ccc(C(=O)CCCc2ccc(C3=CN=C(C(C)(C)C)C3)cc2)cc1Cl. The molecule has 1 aliphatic rings. The third-order valence-electron chi connectivity index (χ3n) is 5.41. The second-order valence-electron chi connectivity index (χ2n) is 9.44. The van der Waals surface area contributed by atoms with Gasteiger partial charge in [0.05, 0.1) is 11.1 Å². The van der Waals surface area contributed by atoms with Crippen molar-refractivity contribution in [1.82, 2.24) is 0 Å². The van der Waals surface area contributed by atoms with Crippen LogP contribution in [0.15, 0.2) is 53.7 Å². The second-order valence-corrected chi connectivity index (χ2v) is 9.85. The number of carbonyl (C=O) groups excluding carboxylic acids is 1. The van der Waals surface area contributed by atoms with E-state index in [9.17, 15) is 4.79 Å². The van der Waals surface area contributed by atoms with Crippen molar-refractivity contribution in [3.63, 3.8) is 0 Å². The number of hydrogen-bond donors (Lipinski definition) is 0. The zero-order valence-corrected chi connectivity index (χ0v) is 19.9. The van der Waals surface area contributed by atoms with Gasteiger partial charge in [0.25, 0.3) is 0 Å². The van der Waals surface area contributed by atoms with Crippen molar-refractivity contribution in [2.24, 2.45) is 10.4 Å². The van der Waals surface area contributed by atoms with E-state index < -0.39 is 0 Å². The Balaban J connectivity index is 1.50. The molecule has 2 aromatic carbocycles. The summed E-state index contributed by atoms with van der Waals surface area (Å²) < 4.78 is 5.63. The molecule has 1 aliphatic heterocycles. The van der Waals surface area contributed by atoms with Crippen LogP contribution in [-0.2, 0) is 6.42 Å². The molecular formula is C27H32ClNO2. The normalized spacial score (nSPS) is 13.9. The quantitative estimate of drug-likeness (QED) is 0.399. The highest BCUT2D eigenvalue weighted by Gasteiger charge is 2.23. The molecule has 0 aliphatic carbocycles. The fraction of sp³-hybridized carbons (Fsp3) is 0.407. The summed E-state index contributed by atoms with van der Waals surface area (Å²) in [5.41, 5.74) is 5.71. The lowest BCUT2D eigenvalue weighted by molar-refractivity contribution is 0.0980. The Kier molecular flexibility index (Phi) is 7.38. The van der Waals surface area contributed by atoms with Gasteiger partial charge in [-0.2, -0.15) is 0 Å². The number of hydrogen-bond acceptors (Lipinski definition) is 3. The average molecular weight is 438 g/mol. The van der Waals surface area contributed by atoms with E-state index in [0.29, 0.717) is 22.8 Å². The van der Waals surface area contributed by atoms with E-state index in [-0.39, 0.29) is 17.3 Å². The fourth-order valence-corrected chi connectivity index (χ4v) is 3.79. The molecule has 0 saturated carbocycles. The molecule has 0 aromatic heterocycles. The maximum atomic E-state index is 12.5. The van der Waals surface area contributed by atoms with Crippen LogP contribution in [0, 0.1) is 5.41 Å². The largest absolute Gasteiger partial charge is 0.489 e. The number of allylic oxidation sites excluding steroid dienone is 1. The minimum Gasteiger partial charge on any atom is -0.489 e. The Bertz CT molecular complexity index is 995. The molecule has 0 unspecified atom stereocenters. The van der Waals surface area contributed by atoms with Gasteiger partial charge in [-0.15, -0.1) is 0 Å². The highest BCUT2D eigenvalue weighted by Crippen LogP contribution is 2.31. The predicted octanol–water partition coefficient (Wildman–Crippen LogP) is 7.56. The first-order valence-corrected chi connectivity index (χ1v) is 11.4. The van der Waals surface area contributed by atoms with Crippen LogP contribution >= 0.6 is 11.6 Å². The van der Waals surface area contributed by atoms with E-state index in [2.05, 4.69) is 50.0 Å². The summed E-state index contributed by atoms with van der Waals surface area (Å²) in [4.78, 5) is 17.2. The van der Waals surface area contributed by atoms with Crippen molar-refractivity contribution < 1.29 is 9.53 Å². The molecule has 0 bridgehead atoms. The Hall–Kier alpha value is -2.39. The molecular weight excluding hydrogens is 406 g/mol. The molecule has 0 spiro atoms. The molecule has 0 atom stereocenters. The van der Waals surface area contributed by atoms with Gasteiger partial charge >= 0.3 is 0 Å². The van der Waals surface area contributed by atoms with Crippen molar-refractivity contribution in [3.8, 4) is 5.75 Å². The second kappa shape index (κ2) is 9.82. The summed E-state index contributed by atoms with van der Waals surface area (Å²) >= 11 is 6.26. The zero-order chi connectivity index (χ0) is 22.6. The third-order valence-corrected chi connectivity index (χ3v) is 5.71. The number of aryl methyl sites for hydroxylation is 1. The topological polar surface area (TPSA) is 38.7 Å². The molecule has 31 heavy (non-hydrogen) atoms. The van der Waals surface area contributed by atoms with Crippen molar-refractivity contribution in [3.05, 3.63) is 70.4 Å². The van der Waals surface area contributed by atoms with Gasteiger partial charge in [0, 0.05) is 35.7 Å². The van der Waals surface area contributed by atoms with Crippen LogP contribution in [0.4, 0.5) is 0 Å². The number of benzene rings is 2. The number of aliphatic imine (C=N–C) groups is 1. The number of ketones is 1. The fourth-order valence-electron chi connectivity index (χ4n) is 3.57. The first kappa shape index (κ1) is 23.3. The third kappa shape index (κ3) is 6.30. The Morgan fingerprint density at radius 1 is 1.13 bits per heavy atom. The Labute approximate surface area is 191 Å². The summed E-state index contributed by atoms with van der Waals surface area (Å²) in [5.74, 6) is 0.725. The molecule has 2 aromatic rings. The smallest absolute Gasteiger partial charge is 0.162 e. The molecule has 0 amide bonds. The molecule has 3 nitrogen and oxygen atoms in total. The molecule has 0 N–H and O–H groups in total. The molecule has 0 fully saturated rings. The van der Waals surface area contributed by atoms with E-state index in [1.54, 1.807) is 18.2 Å². The van der Waals surface area contributed by atoms with E-state index in [1.807, 2.05) is 20.0 Å². The van der Waals surface area contributed by atoms with Crippen LogP contribution in [0.25, 0.3) is 5.57 Å². The number of halogens is 1. The zero-order valence-electron chi connectivity index (χ0n) is 19.2. The van der Waals surface area contributed by atoms with Crippen molar-refractivity contribution in [2.45, 2.75) is 66.4 Å². The summed E-state index contributed by atoms with van der Waals surface area (Å²) in [6, 6.07) is 13.9. The summed E-state index contributed by atoms with van der Waals surface area (Å²) in [7, 11) is 0. The van der Waals surface area contributed by atoms with Crippen molar-refractivity contribution >= 4 is 28.7 Å². The molecule has 3 rings (SSSR count). The van der Waals surface area contributed by atoms with Gasteiger partial charge < -0.3 is 4.74 Å². The number of nitrogens with zero attached hydrogens (tertiary/aromatic N) is 1. The van der Waals surface area contributed by atoms with Crippen LogP contribution in [0.2, 0.25) is 5.02 Å². The first-order valence-electron chi connectivity index (χ1n) is 11.0. The van der Waals surface area contributed by atoms with Gasteiger partial charge in [-0.1, -0.05) is 56.6 Å². The maximum absolute atomic E-state index is 12.5. The highest BCUT2D eigenvalue weighted by molar-refractivity contribution is 6.32. The minimum atomic E-state index is 0.0449. The summed E-state index contributed by atoms with van der Waals surface area (Å²) in [6.45, 7) is 10.5. The Morgan fingerprint density at radius 3 is 2.42 bits per heavy atom. The minimum absolute atomic E-state index is 0.0449. The summed E-state index contributed by atoms with van der Waals surface area (Å²) in [6.07, 6.45) is 5.13. The van der Waals surface area contributed by atoms with E-state index in [1.165, 1.54) is 22.4 Å². The van der Waals surface area contributed by atoms with Gasteiger partial charge in [0.1, 0.15) is 5.75 Å². The lowest BCUT2D eigenvalue weighted by atomic mass is 9.86. The number of Topliss-reactive ketones (excluding diaryl/α,β-unsaturated/α-hetero) is 1. The molecule has 164 valence electrons. The van der Waals surface area contributed by atoms with Crippen molar-refractivity contribution in [1.29, 1.82) is 0 Å². The van der Waals surface area contributed by atoms with Crippen LogP contribution in [0.3, 0.4) is 0 Å². The monoisotopic (exact) mass is 437 g/mol. The van der Waals surface area contributed by atoms with Gasteiger partial charge in [-0.25, -0.2) is 0 Å². The standard InChI is InChI=1S/C27H32ClNO2/c1-18(2)31-25-14-13-21(15-23(25)28)24(30)8-6-7-19-9-11-20(12-10-19)22-16-26(29-17-22)27(3,4)5/h9-15,17-18H,6-8,16H2,1-5H3. The van der Waals surface area contributed by atoms with Gasteiger partial charge in [-0.3, -0.25) is 9.79 Å². The number of ether oxygens (including phenoxy) is 1. The van der Waals surface area contributed by atoms with Crippen LogP contribution in [-0.4, -0.2) is 17.6 Å². The first-order chi connectivity index (χ1) is 14.6. The van der Waals surface area contributed by atoms with Gasteiger partial charge in [0.2, 0.25) is 0 Å². The molecule has 0 radical (unpaired) electrons. The lowest BCUT2D eigenvalue weighted by Gasteiger charge is -2.18. The van der Waals surface area contributed by atoms with E-state index in [0.717, 1.165) is 19.3 Å². The van der Waals surface area contributed by atoms with E-state index in [4.69, 9.17) is 16.3 Å². The highest BCUT2D eigenvalue weighted by atomic mass is 35.5. The number of rotatable bonds is 8. The maximum Gasteiger partial charge on any atom is 0.162 e. The average Bonchev–Trinajstić information content (AvgIpc) is 3.20. The van der Waals surface area contributed by atoms with E-state index >= 15 is 0 Å². The van der Waals surface area contributed by atoms with Crippen LogP contribution in [0.5, 0.6) is 5.75 Å². The van der Waals surface area contributed by atoms with Crippen LogP contribution < -0.4 is 4.74 Å². The van der Waals surface area contributed by atoms with Gasteiger partial charge in [-0.05, 0) is 61.6 Å². The molecule has 0 saturated heterocycles. The van der Waals surface area contributed by atoms with Crippen LogP contribution in [0.1, 0.15) is 75.4 Å². The van der Waals surface area contributed by atoms with Gasteiger partial charge in [0.15, 0.2) is 5.78 Å². The summed E-state index contributed by atoms with van der Waals surface area (Å²) in [5, 5.41) is 0.481. The predicted molar refractivity (Wildman–Crippen MR) is 130 cm³/mol. The molecule has 4 heteroatoms. The number of carbonyl (C=O) groups is 1. The van der Waals surface area contributed by atoms with Crippen molar-refractivity contribution in [2.75, 3.05) is 0 Å². The lowest BCUT2D eigenvalue weighted by Crippen LogP contribution is -2.18.